The first-order chi connectivity index (χ1) is 7.63. The van der Waals surface area contributed by atoms with Gasteiger partial charge in [0.1, 0.15) is 0 Å². The zero-order chi connectivity index (χ0) is 12.0. The highest BCUT2D eigenvalue weighted by atomic mass is 16.1. The predicted octanol–water partition coefficient (Wildman–Crippen LogP) is 1.43. The third-order valence-electron chi connectivity index (χ3n) is 2.25. The lowest BCUT2D eigenvalue weighted by Gasteiger charge is -2.13. The molecule has 1 aromatic carbocycles. The van der Waals surface area contributed by atoms with Crippen LogP contribution in [0.5, 0.6) is 0 Å². The maximum atomic E-state index is 11.5. The molecule has 0 aliphatic heterocycles. The summed E-state index contributed by atoms with van der Waals surface area (Å²) in [6.45, 7) is 0.547. The van der Waals surface area contributed by atoms with Crippen LogP contribution in [-0.4, -0.2) is 26.5 Å². The van der Waals surface area contributed by atoms with Crippen LogP contribution < -0.4 is 16.0 Å². The fourth-order valence-electron chi connectivity index (χ4n) is 1.35. The van der Waals surface area contributed by atoms with Crippen molar-refractivity contribution in [3.63, 3.8) is 0 Å². The van der Waals surface area contributed by atoms with Gasteiger partial charge in [-0.1, -0.05) is 6.07 Å². The molecule has 0 heterocycles. The van der Waals surface area contributed by atoms with Gasteiger partial charge in [-0.05, 0) is 31.2 Å². The van der Waals surface area contributed by atoms with Crippen molar-refractivity contribution in [2.75, 3.05) is 30.9 Å². The number of nitrogens with one attached hydrogen (secondary N) is 1. The standard InChI is InChI=1S/C12H19N3O/c1-15(2)11-6-3-5-10(9-11)14-12(16)7-4-8-13/h3,5-6,9H,4,7-8,13H2,1-2H3,(H,14,16). The molecule has 0 saturated heterocycles. The van der Waals surface area contributed by atoms with Crippen molar-refractivity contribution in [2.45, 2.75) is 12.8 Å². The average molecular weight is 221 g/mol. The monoisotopic (exact) mass is 221 g/mol. The first kappa shape index (κ1) is 12.5. The number of anilines is 2. The average Bonchev–Trinajstić information content (AvgIpc) is 2.26. The van der Waals surface area contributed by atoms with Crippen LogP contribution in [-0.2, 0) is 4.79 Å². The van der Waals surface area contributed by atoms with Crippen LogP contribution in [0, 0.1) is 0 Å². The van der Waals surface area contributed by atoms with Crippen molar-refractivity contribution < 1.29 is 4.79 Å². The Morgan fingerprint density at radius 1 is 1.44 bits per heavy atom. The lowest BCUT2D eigenvalue weighted by atomic mass is 10.2. The third-order valence-corrected chi connectivity index (χ3v) is 2.25. The SMILES string of the molecule is CN(C)c1cccc(NC(=O)CCCN)c1. The van der Waals surface area contributed by atoms with Crippen LogP contribution in [0.4, 0.5) is 11.4 Å². The van der Waals surface area contributed by atoms with Gasteiger partial charge in [0.15, 0.2) is 0 Å². The van der Waals surface area contributed by atoms with Crippen LogP contribution in [0.3, 0.4) is 0 Å². The summed E-state index contributed by atoms with van der Waals surface area (Å²) in [7, 11) is 3.94. The second-order valence-electron chi connectivity index (χ2n) is 3.89. The Kier molecular flexibility index (Phi) is 4.79. The van der Waals surface area contributed by atoms with Gasteiger partial charge in [-0.25, -0.2) is 0 Å². The van der Waals surface area contributed by atoms with Gasteiger partial charge in [0.25, 0.3) is 0 Å². The number of benzene rings is 1. The van der Waals surface area contributed by atoms with Gasteiger partial charge < -0.3 is 16.0 Å². The molecular weight excluding hydrogens is 202 g/mol. The molecule has 0 bridgehead atoms. The topological polar surface area (TPSA) is 58.4 Å². The molecule has 4 heteroatoms. The molecule has 0 spiro atoms. The summed E-state index contributed by atoms with van der Waals surface area (Å²) in [4.78, 5) is 13.5. The number of nitrogens with zero attached hydrogens (tertiary/aromatic N) is 1. The largest absolute Gasteiger partial charge is 0.378 e. The van der Waals surface area contributed by atoms with E-state index in [9.17, 15) is 4.79 Å². The molecule has 0 atom stereocenters. The van der Waals surface area contributed by atoms with E-state index in [0.717, 1.165) is 17.8 Å². The Balaban J connectivity index is 2.59. The van der Waals surface area contributed by atoms with Gasteiger partial charge in [0, 0.05) is 31.9 Å². The van der Waals surface area contributed by atoms with Gasteiger partial charge in [-0.2, -0.15) is 0 Å². The van der Waals surface area contributed by atoms with Crippen molar-refractivity contribution in [3.05, 3.63) is 24.3 Å². The minimum Gasteiger partial charge on any atom is -0.378 e. The molecule has 16 heavy (non-hydrogen) atoms. The molecule has 0 saturated carbocycles. The van der Waals surface area contributed by atoms with Gasteiger partial charge in [0.2, 0.25) is 5.91 Å². The zero-order valence-corrected chi connectivity index (χ0v) is 9.86. The fraction of sp³-hybridized carbons (Fsp3) is 0.417. The second kappa shape index (κ2) is 6.12. The van der Waals surface area contributed by atoms with Crippen LogP contribution >= 0.6 is 0 Å². The number of amides is 1. The molecular formula is C12H19N3O. The summed E-state index contributed by atoms with van der Waals surface area (Å²) in [6, 6.07) is 7.75. The number of nitrogens with two attached hydrogens (primary N) is 1. The van der Waals surface area contributed by atoms with Gasteiger partial charge in [0.05, 0.1) is 0 Å². The molecule has 3 N–H and O–H groups in total. The summed E-state index contributed by atoms with van der Waals surface area (Å²) >= 11 is 0. The molecule has 0 aliphatic rings. The van der Waals surface area contributed by atoms with E-state index in [1.54, 1.807) is 0 Å². The molecule has 4 nitrogen and oxygen atoms in total. The van der Waals surface area contributed by atoms with E-state index < -0.39 is 0 Å². The minimum atomic E-state index is 0.0151. The van der Waals surface area contributed by atoms with E-state index in [1.807, 2.05) is 43.3 Å². The lowest BCUT2D eigenvalue weighted by Crippen LogP contribution is -2.14. The first-order valence-corrected chi connectivity index (χ1v) is 5.41. The number of hydrogen-bond acceptors (Lipinski definition) is 3. The van der Waals surface area contributed by atoms with Crippen LogP contribution in [0.1, 0.15) is 12.8 Å². The highest BCUT2D eigenvalue weighted by molar-refractivity contribution is 5.91. The number of carbonyl (C=O) groups is 1. The summed E-state index contributed by atoms with van der Waals surface area (Å²) in [5, 5.41) is 2.85. The molecule has 0 fully saturated rings. The van der Waals surface area contributed by atoms with Crippen molar-refractivity contribution in [1.29, 1.82) is 0 Å². The molecule has 88 valence electrons. The van der Waals surface area contributed by atoms with E-state index >= 15 is 0 Å². The summed E-state index contributed by atoms with van der Waals surface area (Å²) in [5.74, 6) is 0.0151. The van der Waals surface area contributed by atoms with Crippen molar-refractivity contribution >= 4 is 17.3 Å². The molecule has 0 aromatic heterocycles. The minimum absolute atomic E-state index is 0.0151. The summed E-state index contributed by atoms with van der Waals surface area (Å²) in [5.41, 5.74) is 7.24. The first-order valence-electron chi connectivity index (χ1n) is 5.41. The number of carbonyl (C=O) groups excluding carboxylic acids is 1. The van der Waals surface area contributed by atoms with Gasteiger partial charge >= 0.3 is 0 Å². The van der Waals surface area contributed by atoms with Crippen LogP contribution in [0.15, 0.2) is 24.3 Å². The van der Waals surface area contributed by atoms with Gasteiger partial charge in [-0.15, -0.1) is 0 Å². The highest BCUT2D eigenvalue weighted by Crippen LogP contribution is 2.17. The lowest BCUT2D eigenvalue weighted by molar-refractivity contribution is -0.116. The van der Waals surface area contributed by atoms with Crippen LogP contribution in [0.25, 0.3) is 0 Å². The maximum Gasteiger partial charge on any atom is 0.224 e. The van der Waals surface area contributed by atoms with E-state index in [0.29, 0.717) is 13.0 Å². The molecule has 0 unspecified atom stereocenters. The van der Waals surface area contributed by atoms with Crippen molar-refractivity contribution in [3.8, 4) is 0 Å². The Labute approximate surface area is 96.4 Å². The molecule has 1 aromatic rings. The normalized spacial score (nSPS) is 9.94. The maximum absolute atomic E-state index is 11.5. The zero-order valence-electron chi connectivity index (χ0n) is 9.86. The molecule has 1 rings (SSSR count). The molecule has 0 radical (unpaired) electrons. The van der Waals surface area contributed by atoms with Crippen LogP contribution in [0.2, 0.25) is 0 Å². The predicted molar refractivity (Wildman–Crippen MR) is 67.7 cm³/mol. The van der Waals surface area contributed by atoms with E-state index in [4.69, 9.17) is 5.73 Å². The fourth-order valence-corrected chi connectivity index (χ4v) is 1.35. The van der Waals surface area contributed by atoms with Crippen molar-refractivity contribution in [2.24, 2.45) is 5.73 Å². The van der Waals surface area contributed by atoms with E-state index in [-0.39, 0.29) is 5.91 Å². The number of hydrogen-bond donors (Lipinski definition) is 2. The Hall–Kier alpha value is -1.55. The smallest absolute Gasteiger partial charge is 0.224 e. The molecule has 1 amide bonds. The summed E-state index contributed by atoms with van der Waals surface area (Å²) < 4.78 is 0. The number of rotatable bonds is 5. The highest BCUT2D eigenvalue weighted by Gasteiger charge is 2.02. The Morgan fingerprint density at radius 2 is 2.19 bits per heavy atom. The van der Waals surface area contributed by atoms with E-state index in [2.05, 4.69) is 5.32 Å². The van der Waals surface area contributed by atoms with Gasteiger partial charge in [-0.3, -0.25) is 4.79 Å². The summed E-state index contributed by atoms with van der Waals surface area (Å²) in [6.07, 6.45) is 1.20. The third kappa shape index (κ3) is 3.90. The van der Waals surface area contributed by atoms with Crippen molar-refractivity contribution in [1.82, 2.24) is 0 Å². The second-order valence-corrected chi connectivity index (χ2v) is 3.89. The Bertz CT molecular complexity index is 350. The quantitative estimate of drug-likeness (QED) is 0.790. The Morgan fingerprint density at radius 3 is 2.81 bits per heavy atom. The molecule has 0 aliphatic carbocycles. The van der Waals surface area contributed by atoms with E-state index in [1.165, 1.54) is 0 Å².